The molecule has 0 saturated carbocycles. The zero-order valence-electron chi connectivity index (χ0n) is 9.56. The number of H-pyrrole nitrogens is 1. The molecule has 4 heteroatoms. The summed E-state index contributed by atoms with van der Waals surface area (Å²) in [6, 6.07) is 9.92. The molecule has 3 rings (SSSR count). The minimum atomic E-state index is 0.530. The first-order valence-corrected chi connectivity index (χ1v) is 6.40. The minimum absolute atomic E-state index is 0.530. The van der Waals surface area contributed by atoms with Crippen LogP contribution in [0.1, 0.15) is 5.56 Å². The number of halogens is 1. The molecule has 1 N–H and O–H groups in total. The number of nitrogens with one attached hydrogen (secondary N) is 1. The SMILES string of the molecule is Brc1ccc2[nH]cc(COc3cccnc3)c2c1. The molecule has 3 nitrogen and oxygen atoms in total. The second kappa shape index (κ2) is 4.82. The molecule has 18 heavy (non-hydrogen) atoms. The van der Waals surface area contributed by atoms with Crippen molar-refractivity contribution in [3.8, 4) is 5.75 Å². The Kier molecular flexibility index (Phi) is 3.02. The van der Waals surface area contributed by atoms with Gasteiger partial charge in [0.1, 0.15) is 12.4 Å². The van der Waals surface area contributed by atoms with Crippen molar-refractivity contribution in [1.82, 2.24) is 9.97 Å². The maximum atomic E-state index is 5.70. The summed E-state index contributed by atoms with van der Waals surface area (Å²) in [5.74, 6) is 0.779. The summed E-state index contributed by atoms with van der Waals surface area (Å²) < 4.78 is 6.77. The summed E-state index contributed by atoms with van der Waals surface area (Å²) in [7, 11) is 0. The second-order valence-electron chi connectivity index (χ2n) is 3.98. The Bertz CT molecular complexity index is 664. The first-order valence-electron chi connectivity index (χ1n) is 5.61. The fraction of sp³-hybridized carbons (Fsp3) is 0.0714. The normalized spacial score (nSPS) is 10.7. The van der Waals surface area contributed by atoms with Crippen LogP contribution in [0.3, 0.4) is 0 Å². The smallest absolute Gasteiger partial charge is 0.138 e. The van der Waals surface area contributed by atoms with E-state index in [1.54, 1.807) is 12.4 Å². The van der Waals surface area contributed by atoms with Crippen molar-refractivity contribution < 1.29 is 4.74 Å². The van der Waals surface area contributed by atoms with E-state index in [9.17, 15) is 0 Å². The lowest BCUT2D eigenvalue weighted by molar-refractivity contribution is 0.306. The third kappa shape index (κ3) is 2.24. The zero-order valence-corrected chi connectivity index (χ0v) is 11.1. The molecule has 0 aliphatic heterocycles. The Morgan fingerprint density at radius 2 is 2.22 bits per heavy atom. The third-order valence-electron chi connectivity index (χ3n) is 2.76. The quantitative estimate of drug-likeness (QED) is 0.796. The van der Waals surface area contributed by atoms with Crippen molar-refractivity contribution in [2.24, 2.45) is 0 Å². The maximum Gasteiger partial charge on any atom is 0.138 e. The average Bonchev–Trinajstić information content (AvgIpc) is 2.80. The van der Waals surface area contributed by atoms with Crippen LogP contribution >= 0.6 is 15.9 Å². The van der Waals surface area contributed by atoms with E-state index >= 15 is 0 Å². The van der Waals surface area contributed by atoms with Gasteiger partial charge in [-0.3, -0.25) is 4.98 Å². The van der Waals surface area contributed by atoms with Gasteiger partial charge in [-0.1, -0.05) is 15.9 Å². The van der Waals surface area contributed by atoms with E-state index in [0.717, 1.165) is 21.3 Å². The molecule has 0 fully saturated rings. The lowest BCUT2D eigenvalue weighted by Crippen LogP contribution is -1.94. The van der Waals surface area contributed by atoms with Crippen LogP contribution in [-0.4, -0.2) is 9.97 Å². The Morgan fingerprint density at radius 1 is 1.28 bits per heavy atom. The molecule has 2 aromatic heterocycles. The number of fused-ring (bicyclic) bond motifs is 1. The summed E-state index contributed by atoms with van der Waals surface area (Å²) in [5.41, 5.74) is 2.25. The summed E-state index contributed by atoms with van der Waals surface area (Å²) in [6.45, 7) is 0.530. The van der Waals surface area contributed by atoms with Gasteiger partial charge in [-0.2, -0.15) is 0 Å². The van der Waals surface area contributed by atoms with Crippen LogP contribution in [0.15, 0.2) is 53.4 Å². The Morgan fingerprint density at radius 3 is 3.06 bits per heavy atom. The minimum Gasteiger partial charge on any atom is -0.487 e. The molecule has 90 valence electrons. The number of pyridine rings is 1. The van der Waals surface area contributed by atoms with Gasteiger partial charge < -0.3 is 9.72 Å². The second-order valence-corrected chi connectivity index (χ2v) is 4.90. The number of rotatable bonds is 3. The molecule has 1 aromatic carbocycles. The van der Waals surface area contributed by atoms with E-state index in [1.165, 1.54) is 5.39 Å². The number of aromatic nitrogens is 2. The molecule has 0 aliphatic carbocycles. The largest absolute Gasteiger partial charge is 0.487 e. The van der Waals surface area contributed by atoms with Crippen LogP contribution in [0.4, 0.5) is 0 Å². The van der Waals surface area contributed by atoms with Crippen LogP contribution in [0.2, 0.25) is 0 Å². The number of ether oxygens (including phenoxy) is 1. The lowest BCUT2D eigenvalue weighted by Gasteiger charge is -2.04. The molecule has 2 heterocycles. The molecule has 0 atom stereocenters. The van der Waals surface area contributed by atoms with Crippen molar-refractivity contribution >= 4 is 26.8 Å². The molecule has 0 bridgehead atoms. The van der Waals surface area contributed by atoms with E-state index < -0.39 is 0 Å². The van der Waals surface area contributed by atoms with Gasteiger partial charge in [0.25, 0.3) is 0 Å². The monoisotopic (exact) mass is 302 g/mol. The number of benzene rings is 1. The molecule has 0 radical (unpaired) electrons. The van der Waals surface area contributed by atoms with E-state index in [0.29, 0.717) is 6.61 Å². The maximum absolute atomic E-state index is 5.70. The Labute approximate surface area is 113 Å². The van der Waals surface area contributed by atoms with Crippen LogP contribution in [0.5, 0.6) is 5.75 Å². The summed E-state index contributed by atoms with van der Waals surface area (Å²) in [5, 5.41) is 1.17. The number of aromatic amines is 1. The van der Waals surface area contributed by atoms with Crippen molar-refractivity contribution in [2.45, 2.75) is 6.61 Å². The molecule has 0 aliphatic rings. The van der Waals surface area contributed by atoms with Crippen molar-refractivity contribution in [1.29, 1.82) is 0 Å². The highest BCUT2D eigenvalue weighted by Crippen LogP contribution is 2.23. The van der Waals surface area contributed by atoms with Gasteiger partial charge in [0.15, 0.2) is 0 Å². The number of hydrogen-bond donors (Lipinski definition) is 1. The molecule has 0 spiro atoms. The van der Waals surface area contributed by atoms with Gasteiger partial charge in [-0.15, -0.1) is 0 Å². The molecule has 3 aromatic rings. The molecular formula is C14H11BrN2O. The van der Waals surface area contributed by atoms with Crippen molar-refractivity contribution in [2.75, 3.05) is 0 Å². The average molecular weight is 303 g/mol. The van der Waals surface area contributed by atoms with Crippen LogP contribution in [-0.2, 0) is 6.61 Å². The summed E-state index contributed by atoms with van der Waals surface area (Å²) >= 11 is 3.48. The lowest BCUT2D eigenvalue weighted by atomic mass is 10.2. The van der Waals surface area contributed by atoms with Crippen molar-refractivity contribution in [3.63, 3.8) is 0 Å². The highest BCUT2D eigenvalue weighted by Gasteiger charge is 2.04. The molecule has 0 unspecified atom stereocenters. The first-order chi connectivity index (χ1) is 8.83. The van der Waals surface area contributed by atoms with E-state index in [4.69, 9.17) is 4.74 Å². The van der Waals surface area contributed by atoms with Gasteiger partial charge in [0, 0.05) is 33.3 Å². The summed E-state index contributed by atoms with van der Waals surface area (Å²) in [6.07, 6.45) is 5.42. The van der Waals surface area contributed by atoms with Gasteiger partial charge in [-0.05, 0) is 30.3 Å². The van der Waals surface area contributed by atoms with E-state index in [2.05, 4.69) is 32.0 Å². The van der Waals surface area contributed by atoms with Gasteiger partial charge in [-0.25, -0.2) is 0 Å². The third-order valence-corrected chi connectivity index (χ3v) is 3.25. The van der Waals surface area contributed by atoms with Crippen LogP contribution < -0.4 is 4.74 Å². The standard InChI is InChI=1S/C14H11BrN2O/c15-11-3-4-14-13(6-11)10(7-17-14)9-18-12-2-1-5-16-8-12/h1-8,17H,9H2. The van der Waals surface area contributed by atoms with E-state index in [-0.39, 0.29) is 0 Å². The van der Waals surface area contributed by atoms with Crippen LogP contribution in [0.25, 0.3) is 10.9 Å². The van der Waals surface area contributed by atoms with Gasteiger partial charge in [0.2, 0.25) is 0 Å². The fourth-order valence-electron chi connectivity index (χ4n) is 1.86. The van der Waals surface area contributed by atoms with Crippen molar-refractivity contribution in [3.05, 3.63) is 59.0 Å². The van der Waals surface area contributed by atoms with Gasteiger partial charge in [0.05, 0.1) is 6.20 Å². The number of nitrogens with zero attached hydrogens (tertiary/aromatic N) is 1. The predicted molar refractivity (Wildman–Crippen MR) is 74.6 cm³/mol. The van der Waals surface area contributed by atoms with E-state index in [1.807, 2.05) is 30.5 Å². The molecule has 0 amide bonds. The summed E-state index contributed by atoms with van der Waals surface area (Å²) in [4.78, 5) is 7.26. The highest BCUT2D eigenvalue weighted by atomic mass is 79.9. The van der Waals surface area contributed by atoms with Crippen LogP contribution in [0, 0.1) is 0 Å². The topological polar surface area (TPSA) is 37.9 Å². The number of hydrogen-bond acceptors (Lipinski definition) is 2. The first kappa shape index (κ1) is 11.3. The Balaban J connectivity index is 1.85. The fourth-order valence-corrected chi connectivity index (χ4v) is 2.22. The molecule has 0 saturated heterocycles. The zero-order chi connectivity index (χ0) is 12.4. The Hall–Kier alpha value is -1.81. The van der Waals surface area contributed by atoms with Gasteiger partial charge >= 0.3 is 0 Å². The highest BCUT2D eigenvalue weighted by molar-refractivity contribution is 9.10. The molecular weight excluding hydrogens is 292 g/mol. The predicted octanol–water partition coefficient (Wildman–Crippen LogP) is 3.90.